The fourth-order valence-electron chi connectivity index (χ4n) is 4.12. The molecule has 0 aliphatic carbocycles. The van der Waals surface area contributed by atoms with Gasteiger partial charge >= 0.3 is 5.69 Å². The Balaban J connectivity index is 1.54. The van der Waals surface area contributed by atoms with Crippen molar-refractivity contribution in [1.29, 1.82) is 0 Å². The summed E-state index contributed by atoms with van der Waals surface area (Å²) in [7, 11) is 0. The molecule has 0 saturated carbocycles. The summed E-state index contributed by atoms with van der Waals surface area (Å²) in [5.74, 6) is 0.430. The summed E-state index contributed by atoms with van der Waals surface area (Å²) in [6, 6.07) is 16.9. The predicted molar refractivity (Wildman–Crippen MR) is 126 cm³/mol. The van der Waals surface area contributed by atoms with Crippen LogP contribution in [0, 0.1) is 20.8 Å². The van der Waals surface area contributed by atoms with Gasteiger partial charge in [0.2, 0.25) is 0 Å². The minimum Gasteiger partial charge on any atom is -0.292 e. The zero-order valence-electron chi connectivity index (χ0n) is 18.8. The molecule has 0 atom stereocenters. The molecule has 0 unspecified atom stereocenters. The van der Waals surface area contributed by atoms with Crippen LogP contribution in [0.25, 0.3) is 16.6 Å². The predicted octanol–water partition coefficient (Wildman–Crippen LogP) is 3.29. The molecule has 0 radical (unpaired) electrons. The van der Waals surface area contributed by atoms with Gasteiger partial charge in [-0.2, -0.15) is 9.61 Å². The van der Waals surface area contributed by atoms with E-state index in [1.54, 1.807) is 12.1 Å². The number of ketones is 1. The van der Waals surface area contributed by atoms with E-state index in [4.69, 9.17) is 0 Å². The summed E-state index contributed by atoms with van der Waals surface area (Å²) in [6.07, 6.45) is 0.541. The Morgan fingerprint density at radius 2 is 1.73 bits per heavy atom. The van der Waals surface area contributed by atoms with Gasteiger partial charge in [0, 0.05) is 29.6 Å². The number of fused-ring (bicyclic) bond motifs is 3. The molecule has 2 aromatic carbocycles. The van der Waals surface area contributed by atoms with E-state index in [0.717, 1.165) is 22.3 Å². The lowest BCUT2D eigenvalue weighted by molar-refractivity contribution is 0.0971. The number of hydrogen-bond donors (Lipinski definition) is 0. The van der Waals surface area contributed by atoms with Crippen molar-refractivity contribution < 1.29 is 4.79 Å². The van der Waals surface area contributed by atoms with Crippen LogP contribution in [0.3, 0.4) is 0 Å². The molecule has 8 heteroatoms. The van der Waals surface area contributed by atoms with E-state index in [0.29, 0.717) is 35.5 Å². The molecule has 5 rings (SSSR count). The highest BCUT2D eigenvalue weighted by atomic mass is 16.2. The van der Waals surface area contributed by atoms with Crippen molar-refractivity contribution in [3.8, 4) is 0 Å². The normalized spacial score (nSPS) is 11.5. The molecular formula is C25H24N6O2. The zero-order valence-corrected chi connectivity index (χ0v) is 18.8. The van der Waals surface area contributed by atoms with Gasteiger partial charge in [-0.15, -0.1) is 5.10 Å². The topological polar surface area (TPSA) is 87.1 Å². The smallest absolute Gasteiger partial charge is 0.292 e. The van der Waals surface area contributed by atoms with E-state index in [2.05, 4.69) is 15.2 Å². The second kappa shape index (κ2) is 8.12. The molecule has 0 amide bonds. The number of nitrogens with zero attached hydrogens (tertiary/aromatic N) is 6. The summed E-state index contributed by atoms with van der Waals surface area (Å²) in [4.78, 5) is 31.0. The average Bonchev–Trinajstić information content (AvgIpc) is 3.38. The third-order valence-electron chi connectivity index (χ3n) is 5.82. The standard InChI is InChI=1S/C25H24N6O2/c1-16-8-10-19(11-9-16)22(32)15-29-21-7-5-4-6-20(21)24-26-23(28-31(24)25(29)33)12-13-30-18(3)14-17(2)27-30/h4-11,14H,12-13,15H2,1-3H3. The molecule has 0 fully saturated rings. The first-order valence-electron chi connectivity index (χ1n) is 10.9. The van der Waals surface area contributed by atoms with Gasteiger partial charge in [0.15, 0.2) is 17.3 Å². The Bertz CT molecular complexity index is 1560. The fraction of sp³-hybridized carbons (Fsp3) is 0.240. The Kier molecular flexibility index (Phi) is 5.12. The summed E-state index contributed by atoms with van der Waals surface area (Å²) in [6.45, 7) is 6.48. The number of hydrogen-bond acceptors (Lipinski definition) is 5. The van der Waals surface area contributed by atoms with Crippen LogP contribution in [0.4, 0.5) is 0 Å². The number of carbonyl (C=O) groups is 1. The second-order valence-corrected chi connectivity index (χ2v) is 8.34. The minimum absolute atomic E-state index is 0.0701. The molecule has 5 aromatic rings. The molecule has 0 saturated heterocycles. The quantitative estimate of drug-likeness (QED) is 0.378. The van der Waals surface area contributed by atoms with Gasteiger partial charge in [0.05, 0.1) is 17.8 Å². The molecule has 3 aromatic heterocycles. The average molecular weight is 441 g/mol. The van der Waals surface area contributed by atoms with Crippen LogP contribution in [-0.2, 0) is 19.5 Å². The Labute approximate surface area is 190 Å². The van der Waals surface area contributed by atoms with Gasteiger partial charge in [-0.05, 0) is 39.0 Å². The number of aromatic nitrogens is 6. The third kappa shape index (κ3) is 3.84. The van der Waals surface area contributed by atoms with Crippen LogP contribution >= 0.6 is 0 Å². The SMILES string of the molecule is Cc1ccc(C(=O)Cn2c(=O)n3nc(CCn4nc(C)cc4C)nc3c3ccccc32)cc1. The minimum atomic E-state index is -0.381. The number of para-hydroxylation sites is 1. The van der Waals surface area contributed by atoms with Crippen molar-refractivity contribution in [2.75, 3.05) is 0 Å². The number of aryl methyl sites for hydroxylation is 5. The molecule has 0 aliphatic rings. The summed E-state index contributed by atoms with van der Waals surface area (Å²) >= 11 is 0. The van der Waals surface area contributed by atoms with E-state index in [1.807, 2.05) is 67.9 Å². The molecule has 0 N–H and O–H groups in total. The van der Waals surface area contributed by atoms with Crippen LogP contribution in [0.1, 0.15) is 33.1 Å². The number of carbonyl (C=O) groups excluding carboxylic acids is 1. The zero-order chi connectivity index (χ0) is 23.1. The molecule has 3 heterocycles. The van der Waals surface area contributed by atoms with Crippen LogP contribution in [0.2, 0.25) is 0 Å². The first-order valence-corrected chi connectivity index (χ1v) is 10.9. The van der Waals surface area contributed by atoms with E-state index in [-0.39, 0.29) is 18.0 Å². The van der Waals surface area contributed by atoms with Crippen molar-refractivity contribution in [1.82, 2.24) is 28.9 Å². The van der Waals surface area contributed by atoms with Gasteiger partial charge in [0.25, 0.3) is 0 Å². The van der Waals surface area contributed by atoms with E-state index >= 15 is 0 Å². The van der Waals surface area contributed by atoms with Crippen molar-refractivity contribution in [3.05, 3.63) is 93.4 Å². The second-order valence-electron chi connectivity index (χ2n) is 8.34. The van der Waals surface area contributed by atoms with Crippen LogP contribution in [0.5, 0.6) is 0 Å². The van der Waals surface area contributed by atoms with E-state index < -0.39 is 0 Å². The number of rotatable bonds is 6. The molecule has 0 spiro atoms. The highest BCUT2D eigenvalue weighted by molar-refractivity contribution is 5.97. The Morgan fingerprint density at radius 3 is 2.45 bits per heavy atom. The van der Waals surface area contributed by atoms with E-state index in [9.17, 15) is 9.59 Å². The Morgan fingerprint density at radius 1 is 0.970 bits per heavy atom. The Hall–Kier alpha value is -4.07. The monoisotopic (exact) mass is 440 g/mol. The lowest BCUT2D eigenvalue weighted by Crippen LogP contribution is -2.30. The van der Waals surface area contributed by atoms with Gasteiger partial charge in [-0.1, -0.05) is 42.0 Å². The van der Waals surface area contributed by atoms with Gasteiger partial charge in [0.1, 0.15) is 0 Å². The maximum absolute atomic E-state index is 13.4. The van der Waals surface area contributed by atoms with Gasteiger partial charge in [-0.25, -0.2) is 9.78 Å². The first kappa shape index (κ1) is 20.8. The molecular weight excluding hydrogens is 416 g/mol. The lowest BCUT2D eigenvalue weighted by atomic mass is 10.1. The number of Topliss-reactive ketones (excluding diaryl/α,β-unsaturated/α-hetero) is 1. The number of benzene rings is 2. The maximum atomic E-state index is 13.4. The van der Waals surface area contributed by atoms with Crippen molar-refractivity contribution >= 4 is 22.3 Å². The summed E-state index contributed by atoms with van der Waals surface area (Å²) < 4.78 is 4.70. The largest absolute Gasteiger partial charge is 0.351 e. The summed E-state index contributed by atoms with van der Waals surface area (Å²) in [5, 5.41) is 9.74. The lowest BCUT2D eigenvalue weighted by Gasteiger charge is -2.10. The van der Waals surface area contributed by atoms with Gasteiger partial charge < -0.3 is 0 Å². The van der Waals surface area contributed by atoms with Gasteiger partial charge in [-0.3, -0.25) is 14.0 Å². The highest BCUT2D eigenvalue weighted by Crippen LogP contribution is 2.18. The fourth-order valence-corrected chi connectivity index (χ4v) is 4.12. The molecule has 0 bridgehead atoms. The van der Waals surface area contributed by atoms with Crippen LogP contribution in [-0.4, -0.2) is 34.7 Å². The summed E-state index contributed by atoms with van der Waals surface area (Å²) in [5.41, 5.74) is 4.45. The molecule has 0 aliphatic heterocycles. The van der Waals surface area contributed by atoms with Crippen molar-refractivity contribution in [2.45, 2.75) is 40.3 Å². The van der Waals surface area contributed by atoms with Crippen molar-refractivity contribution in [2.24, 2.45) is 0 Å². The van der Waals surface area contributed by atoms with Crippen molar-refractivity contribution in [3.63, 3.8) is 0 Å². The molecule has 166 valence electrons. The third-order valence-corrected chi connectivity index (χ3v) is 5.82. The van der Waals surface area contributed by atoms with E-state index in [1.165, 1.54) is 9.08 Å². The molecule has 8 nitrogen and oxygen atoms in total. The van der Waals surface area contributed by atoms with Crippen LogP contribution < -0.4 is 5.69 Å². The highest BCUT2D eigenvalue weighted by Gasteiger charge is 2.17. The maximum Gasteiger partial charge on any atom is 0.351 e. The first-order chi connectivity index (χ1) is 15.9. The van der Waals surface area contributed by atoms with Crippen LogP contribution in [0.15, 0.2) is 59.4 Å². The molecule has 33 heavy (non-hydrogen) atoms.